The van der Waals surface area contributed by atoms with Gasteiger partial charge in [0.15, 0.2) is 0 Å². The van der Waals surface area contributed by atoms with Crippen LogP contribution in [0.2, 0.25) is 0 Å². The third kappa shape index (κ3) is 8.92. The lowest BCUT2D eigenvalue weighted by Gasteiger charge is -2.27. The van der Waals surface area contributed by atoms with Crippen molar-refractivity contribution in [2.45, 2.75) is 33.0 Å². The van der Waals surface area contributed by atoms with Gasteiger partial charge in [0.2, 0.25) is 5.89 Å². The van der Waals surface area contributed by atoms with E-state index in [-0.39, 0.29) is 31.2 Å². The lowest BCUT2D eigenvalue weighted by molar-refractivity contribution is -0.143. The van der Waals surface area contributed by atoms with E-state index in [4.69, 9.17) is 18.6 Å². The predicted octanol–water partition coefficient (Wildman–Crippen LogP) is 5.68. The number of methoxy groups -OCH3 is 1. The Morgan fingerprint density at radius 2 is 1.67 bits per heavy atom. The number of hydrogen-bond acceptors (Lipinski definition) is 9. The minimum absolute atomic E-state index is 0.0352. The zero-order chi connectivity index (χ0) is 35.1. The molecule has 0 spiro atoms. The van der Waals surface area contributed by atoms with Gasteiger partial charge >= 0.3 is 22.4 Å². The molecule has 0 aliphatic heterocycles. The first-order valence-corrected chi connectivity index (χ1v) is 16.1. The van der Waals surface area contributed by atoms with Crippen molar-refractivity contribution in [1.29, 1.82) is 0 Å². The summed E-state index contributed by atoms with van der Waals surface area (Å²) in [5.41, 5.74) is 0.734. The molecule has 0 bridgehead atoms. The van der Waals surface area contributed by atoms with Crippen molar-refractivity contribution >= 4 is 22.1 Å². The van der Waals surface area contributed by atoms with Gasteiger partial charge in [-0.25, -0.2) is 9.29 Å². The fourth-order valence-electron chi connectivity index (χ4n) is 4.55. The lowest BCUT2D eigenvalue weighted by Crippen LogP contribution is -2.46. The number of carbonyl (C=O) groups is 2. The molecule has 4 aromatic rings. The Kier molecular flexibility index (Phi) is 11.5. The molecule has 256 valence electrons. The van der Waals surface area contributed by atoms with E-state index in [0.717, 1.165) is 23.5 Å². The summed E-state index contributed by atoms with van der Waals surface area (Å²) in [6, 6.07) is 17.0. The van der Waals surface area contributed by atoms with Gasteiger partial charge in [0, 0.05) is 31.1 Å². The molecule has 15 heteroatoms. The second-order valence-corrected chi connectivity index (χ2v) is 12.4. The number of alkyl halides is 3. The Bertz CT molecular complexity index is 1830. The second-order valence-electron chi connectivity index (χ2n) is 10.4. The molecule has 3 aromatic carbocycles. The molecule has 1 amide bonds. The van der Waals surface area contributed by atoms with Crippen LogP contribution in [0.5, 0.6) is 11.5 Å². The Balaban J connectivity index is 1.45. The van der Waals surface area contributed by atoms with Crippen molar-refractivity contribution in [1.82, 2.24) is 13.6 Å². The molecule has 0 fully saturated rings. The van der Waals surface area contributed by atoms with Crippen molar-refractivity contribution in [2.75, 3.05) is 33.9 Å². The minimum Gasteiger partial charge on any atom is -0.497 e. The second kappa shape index (κ2) is 15.3. The third-order valence-electron chi connectivity index (χ3n) is 7.12. The largest absolute Gasteiger partial charge is 0.497 e. The van der Waals surface area contributed by atoms with Crippen LogP contribution in [0.4, 0.5) is 13.2 Å². The average Bonchev–Trinajstić information content (AvgIpc) is 3.43. The standard InChI is InChI=1S/C33H34F3N3O8S/c1-5-45-30(40)21-39(48(42,43)38(3)32(41)25-11-15-27(44-4)16-12-25)20-23-7-6-8-28(19-23)46-18-17-29-22(2)47-31(37-29)24-9-13-26(14-10-24)33(34,35)36/h6-16,19H,5,17-18,20-21H2,1-4H3. The number of aryl methyl sites for hydroxylation is 1. The molecule has 0 unspecified atom stereocenters. The van der Waals surface area contributed by atoms with E-state index in [1.165, 1.54) is 43.5 Å². The van der Waals surface area contributed by atoms with Crippen molar-refractivity contribution in [3.05, 3.63) is 101 Å². The van der Waals surface area contributed by atoms with Gasteiger partial charge in [-0.15, -0.1) is 0 Å². The fourth-order valence-corrected chi connectivity index (χ4v) is 5.79. The molecular formula is C33H34F3N3O8S. The zero-order valence-electron chi connectivity index (χ0n) is 26.6. The van der Waals surface area contributed by atoms with Crippen molar-refractivity contribution in [2.24, 2.45) is 0 Å². The summed E-state index contributed by atoms with van der Waals surface area (Å²) in [6.45, 7) is 2.53. The monoisotopic (exact) mass is 689 g/mol. The number of amides is 1. The Morgan fingerprint density at radius 1 is 0.979 bits per heavy atom. The van der Waals surface area contributed by atoms with Gasteiger partial charge in [0.05, 0.1) is 31.6 Å². The van der Waals surface area contributed by atoms with Gasteiger partial charge in [0.1, 0.15) is 23.8 Å². The van der Waals surface area contributed by atoms with Crippen LogP contribution in [0, 0.1) is 6.92 Å². The van der Waals surface area contributed by atoms with Crippen LogP contribution < -0.4 is 9.47 Å². The molecule has 0 atom stereocenters. The molecular weight excluding hydrogens is 655 g/mol. The van der Waals surface area contributed by atoms with Crippen LogP contribution in [-0.2, 0) is 38.9 Å². The van der Waals surface area contributed by atoms with Gasteiger partial charge in [0.25, 0.3) is 5.91 Å². The van der Waals surface area contributed by atoms with Crippen molar-refractivity contribution in [3.8, 4) is 23.0 Å². The Hall–Kier alpha value is -4.89. The molecule has 1 aromatic heterocycles. The number of rotatable bonds is 14. The highest BCUT2D eigenvalue weighted by Gasteiger charge is 2.33. The zero-order valence-corrected chi connectivity index (χ0v) is 27.4. The first-order valence-electron chi connectivity index (χ1n) is 14.7. The number of aromatic nitrogens is 1. The number of hydrogen-bond donors (Lipinski definition) is 0. The first-order chi connectivity index (χ1) is 22.7. The molecule has 48 heavy (non-hydrogen) atoms. The van der Waals surface area contributed by atoms with E-state index in [2.05, 4.69) is 4.98 Å². The minimum atomic E-state index is -4.51. The van der Waals surface area contributed by atoms with Crippen molar-refractivity contribution in [3.63, 3.8) is 0 Å². The summed E-state index contributed by atoms with van der Waals surface area (Å²) in [6.07, 6.45) is -4.15. The number of ether oxygens (including phenoxy) is 3. The summed E-state index contributed by atoms with van der Waals surface area (Å²) in [5.74, 6) is -0.0625. The summed E-state index contributed by atoms with van der Waals surface area (Å²) < 4.78 is 89.0. The van der Waals surface area contributed by atoms with Crippen LogP contribution in [0.3, 0.4) is 0 Å². The number of nitrogens with zero attached hydrogens (tertiary/aromatic N) is 3. The summed E-state index contributed by atoms with van der Waals surface area (Å²) in [5, 5.41) is 0. The summed E-state index contributed by atoms with van der Waals surface area (Å²) in [4.78, 5) is 29.9. The molecule has 0 aliphatic carbocycles. The highest BCUT2D eigenvalue weighted by molar-refractivity contribution is 7.87. The van der Waals surface area contributed by atoms with Gasteiger partial charge < -0.3 is 18.6 Å². The molecule has 4 rings (SSSR count). The number of benzene rings is 3. The molecule has 0 aliphatic rings. The highest BCUT2D eigenvalue weighted by Crippen LogP contribution is 2.31. The van der Waals surface area contributed by atoms with Crippen LogP contribution in [0.25, 0.3) is 11.5 Å². The van der Waals surface area contributed by atoms with Gasteiger partial charge in [-0.2, -0.15) is 25.9 Å². The SMILES string of the molecule is CCOC(=O)CN(Cc1cccc(OCCc2nc(-c3ccc(C(F)(F)F)cc3)oc2C)c1)S(=O)(=O)N(C)C(=O)c1ccc(OC)cc1. The average molecular weight is 690 g/mol. The Labute approximate surface area is 276 Å². The quantitative estimate of drug-likeness (QED) is 0.154. The number of oxazole rings is 1. The van der Waals surface area contributed by atoms with Crippen LogP contribution in [0.15, 0.2) is 77.2 Å². The molecule has 0 saturated carbocycles. The molecule has 0 N–H and O–H groups in total. The topological polar surface area (TPSA) is 128 Å². The summed E-state index contributed by atoms with van der Waals surface area (Å²) in [7, 11) is -1.94. The van der Waals surface area contributed by atoms with Gasteiger partial charge in [-0.05, 0) is 80.1 Å². The van der Waals surface area contributed by atoms with E-state index >= 15 is 0 Å². The first kappa shape index (κ1) is 36.0. The number of halogens is 3. The van der Waals surface area contributed by atoms with Gasteiger partial charge in [-0.3, -0.25) is 9.59 Å². The van der Waals surface area contributed by atoms with Crippen LogP contribution >= 0.6 is 0 Å². The van der Waals surface area contributed by atoms with E-state index in [9.17, 15) is 31.2 Å². The van der Waals surface area contributed by atoms with Crippen LogP contribution in [0.1, 0.15) is 39.9 Å². The van der Waals surface area contributed by atoms with E-state index in [0.29, 0.717) is 44.8 Å². The van der Waals surface area contributed by atoms with E-state index in [1.807, 2.05) is 0 Å². The lowest BCUT2D eigenvalue weighted by atomic mass is 10.1. The van der Waals surface area contributed by atoms with E-state index < -0.39 is 40.4 Å². The normalized spacial score (nSPS) is 11.8. The molecule has 1 heterocycles. The van der Waals surface area contributed by atoms with E-state index in [1.54, 1.807) is 38.1 Å². The predicted molar refractivity (Wildman–Crippen MR) is 168 cm³/mol. The fraction of sp³-hybridized carbons (Fsp3) is 0.303. The van der Waals surface area contributed by atoms with Gasteiger partial charge in [-0.1, -0.05) is 12.1 Å². The van der Waals surface area contributed by atoms with Crippen molar-refractivity contribution < 1.29 is 49.8 Å². The maximum atomic E-state index is 13.6. The number of esters is 1. The van der Waals surface area contributed by atoms with Crippen LogP contribution in [-0.4, -0.2) is 67.8 Å². The molecule has 0 saturated heterocycles. The maximum absolute atomic E-state index is 13.6. The highest BCUT2D eigenvalue weighted by atomic mass is 32.2. The maximum Gasteiger partial charge on any atom is 0.416 e. The smallest absolute Gasteiger partial charge is 0.416 e. The number of carbonyl (C=O) groups excluding carboxylic acids is 2. The third-order valence-corrected chi connectivity index (χ3v) is 8.89. The summed E-state index contributed by atoms with van der Waals surface area (Å²) >= 11 is 0. The molecule has 0 radical (unpaired) electrons. The molecule has 11 nitrogen and oxygen atoms in total. The Morgan fingerprint density at radius 3 is 2.29 bits per heavy atom.